The molecule has 3 fully saturated rings. The number of hydrogen-bond donors (Lipinski definition) is 3. The molecule has 228 valence electrons. The van der Waals surface area contributed by atoms with Crippen LogP contribution in [0.15, 0.2) is 25.3 Å². The van der Waals surface area contributed by atoms with Crippen molar-refractivity contribution in [2.45, 2.75) is 93.8 Å². The van der Waals surface area contributed by atoms with E-state index in [1.165, 1.54) is 11.0 Å². The predicted molar refractivity (Wildman–Crippen MR) is 156 cm³/mol. The first-order valence-corrected chi connectivity index (χ1v) is 15.0. The van der Waals surface area contributed by atoms with Gasteiger partial charge in [0.05, 0.1) is 6.04 Å². The van der Waals surface area contributed by atoms with Gasteiger partial charge < -0.3 is 25.6 Å². The number of piperidine rings is 1. The number of hydrogen-bond acceptors (Lipinski definition) is 6. The summed E-state index contributed by atoms with van der Waals surface area (Å²) < 4.78 is 4.24. The van der Waals surface area contributed by atoms with Crippen LogP contribution in [0.25, 0.3) is 0 Å². The van der Waals surface area contributed by atoms with Crippen LogP contribution in [0.1, 0.15) is 65.7 Å². The van der Waals surface area contributed by atoms with Gasteiger partial charge in [-0.05, 0) is 52.4 Å². The highest BCUT2D eigenvalue weighted by atomic mass is 35.5. The first-order chi connectivity index (χ1) is 19.2. The molecule has 0 aromatic heterocycles. The van der Waals surface area contributed by atoms with Crippen molar-refractivity contribution < 1.29 is 28.7 Å². The molecule has 41 heavy (non-hydrogen) atoms. The number of alkyl halides is 2. The molecule has 0 bridgehead atoms. The Kier molecular flexibility index (Phi) is 10.9. The minimum Gasteiger partial charge on any atom is -0.444 e. The zero-order valence-corrected chi connectivity index (χ0v) is 25.6. The van der Waals surface area contributed by atoms with Crippen LogP contribution in [0.4, 0.5) is 4.79 Å². The molecule has 2 saturated carbocycles. The molecule has 0 radical (unpaired) electrons. The van der Waals surface area contributed by atoms with E-state index in [2.05, 4.69) is 29.1 Å². The molecular formula is C29H42Cl2N4O6. The number of nitrogens with zero attached hydrogens (tertiary/aromatic N) is 1. The van der Waals surface area contributed by atoms with Gasteiger partial charge in [0.15, 0.2) is 0 Å². The zero-order chi connectivity index (χ0) is 30.5. The molecular weight excluding hydrogens is 571 g/mol. The van der Waals surface area contributed by atoms with Crippen molar-refractivity contribution >= 4 is 52.8 Å². The number of allylic oxidation sites excluding steroid dienone is 1. The Morgan fingerprint density at radius 2 is 1.71 bits per heavy atom. The van der Waals surface area contributed by atoms with Gasteiger partial charge in [-0.15, -0.1) is 36.4 Å². The maximum Gasteiger partial charge on any atom is 0.408 e. The van der Waals surface area contributed by atoms with Crippen LogP contribution in [-0.4, -0.2) is 75.6 Å². The maximum absolute atomic E-state index is 14.1. The van der Waals surface area contributed by atoms with Gasteiger partial charge in [0.2, 0.25) is 17.6 Å². The maximum atomic E-state index is 14.1. The molecule has 0 aromatic carbocycles. The minimum atomic E-state index is -1.21. The van der Waals surface area contributed by atoms with Gasteiger partial charge in [0.25, 0.3) is 5.91 Å². The molecule has 3 N–H and O–H groups in total. The summed E-state index contributed by atoms with van der Waals surface area (Å²) in [6.45, 7) is 12.6. The van der Waals surface area contributed by atoms with E-state index >= 15 is 0 Å². The third kappa shape index (κ3) is 8.03. The topological polar surface area (TPSA) is 134 Å². The van der Waals surface area contributed by atoms with Gasteiger partial charge in [-0.2, -0.15) is 0 Å². The smallest absolute Gasteiger partial charge is 0.408 e. The molecule has 2 aliphatic carbocycles. The van der Waals surface area contributed by atoms with Gasteiger partial charge in [-0.1, -0.05) is 31.4 Å². The quantitative estimate of drug-likeness (QED) is 0.176. The van der Waals surface area contributed by atoms with E-state index in [9.17, 15) is 24.0 Å². The summed E-state index contributed by atoms with van der Waals surface area (Å²) in [5.74, 6) is -3.77. The Morgan fingerprint density at radius 1 is 1.05 bits per heavy atom. The summed E-state index contributed by atoms with van der Waals surface area (Å²) in [5, 5.41) is 7.88. The summed E-state index contributed by atoms with van der Waals surface area (Å²) in [7, 11) is 0. The number of carbonyl (C=O) groups is 5. The van der Waals surface area contributed by atoms with Crippen molar-refractivity contribution in [3.8, 4) is 0 Å². The summed E-state index contributed by atoms with van der Waals surface area (Å²) in [6.07, 6.45) is 7.20. The summed E-state index contributed by atoms with van der Waals surface area (Å²) >= 11 is 13.0. The van der Waals surface area contributed by atoms with Gasteiger partial charge >= 0.3 is 6.09 Å². The molecule has 0 spiro atoms. The average molecular weight is 614 g/mol. The number of amides is 4. The van der Waals surface area contributed by atoms with Crippen LogP contribution < -0.4 is 16.0 Å². The average Bonchev–Trinajstić information content (AvgIpc) is 3.23. The molecule has 0 aromatic rings. The fourth-order valence-corrected chi connectivity index (χ4v) is 6.64. The molecule has 3 rings (SSSR count). The van der Waals surface area contributed by atoms with E-state index in [1.807, 2.05) is 0 Å². The third-order valence-electron chi connectivity index (χ3n) is 7.87. The van der Waals surface area contributed by atoms with Crippen molar-refractivity contribution in [2.75, 3.05) is 13.1 Å². The number of ketones is 1. The van der Waals surface area contributed by atoms with E-state index in [0.29, 0.717) is 6.42 Å². The van der Waals surface area contributed by atoms with Crippen molar-refractivity contribution in [2.24, 2.45) is 17.8 Å². The Hall–Kier alpha value is -2.59. The molecule has 4 amide bonds. The van der Waals surface area contributed by atoms with Crippen LogP contribution in [0, 0.1) is 17.8 Å². The third-order valence-corrected chi connectivity index (χ3v) is 8.93. The Bertz CT molecular complexity index is 1050. The lowest BCUT2D eigenvalue weighted by atomic mass is 9.83. The molecule has 3 aliphatic rings. The van der Waals surface area contributed by atoms with Crippen molar-refractivity contribution in [1.29, 1.82) is 0 Å². The highest BCUT2D eigenvalue weighted by Crippen LogP contribution is 2.65. The lowest BCUT2D eigenvalue weighted by Crippen LogP contribution is -2.60. The van der Waals surface area contributed by atoms with E-state index in [-0.39, 0.29) is 31.3 Å². The first-order valence-electron chi connectivity index (χ1n) is 14.2. The lowest BCUT2D eigenvalue weighted by molar-refractivity contribution is -0.144. The van der Waals surface area contributed by atoms with Gasteiger partial charge in [-0.25, -0.2) is 4.79 Å². The van der Waals surface area contributed by atoms with E-state index in [4.69, 9.17) is 27.9 Å². The normalized spacial score (nSPS) is 24.7. The van der Waals surface area contributed by atoms with Gasteiger partial charge in [0.1, 0.15) is 22.0 Å². The van der Waals surface area contributed by atoms with Gasteiger partial charge in [0, 0.05) is 24.9 Å². The molecule has 10 nitrogen and oxygen atoms in total. The number of alkyl carbamates (subject to hydrolysis) is 1. The summed E-state index contributed by atoms with van der Waals surface area (Å²) in [5.41, 5.74) is -0.760. The number of rotatable bonds is 12. The fraction of sp³-hybridized carbons (Fsp3) is 0.690. The number of halogens is 2. The number of Topliss-reactive ketones (excluding diaryl/α,β-unsaturated/α-hetero) is 1. The molecule has 1 saturated heterocycles. The lowest BCUT2D eigenvalue weighted by Gasteiger charge is -2.36. The Balaban J connectivity index is 1.85. The van der Waals surface area contributed by atoms with Crippen LogP contribution >= 0.6 is 23.2 Å². The van der Waals surface area contributed by atoms with E-state index in [0.717, 1.165) is 32.1 Å². The first kappa shape index (κ1) is 32.9. The predicted octanol–water partition coefficient (Wildman–Crippen LogP) is 3.41. The van der Waals surface area contributed by atoms with E-state index in [1.54, 1.807) is 26.8 Å². The van der Waals surface area contributed by atoms with E-state index < -0.39 is 63.6 Å². The zero-order valence-electron chi connectivity index (χ0n) is 24.0. The van der Waals surface area contributed by atoms with Crippen LogP contribution in [0.3, 0.4) is 0 Å². The van der Waals surface area contributed by atoms with Crippen LogP contribution in [0.2, 0.25) is 0 Å². The van der Waals surface area contributed by atoms with Gasteiger partial charge in [-0.3, -0.25) is 19.2 Å². The van der Waals surface area contributed by atoms with Crippen molar-refractivity contribution in [1.82, 2.24) is 20.9 Å². The molecule has 1 heterocycles. The number of likely N-dealkylation sites (tertiary alicyclic amines) is 1. The Morgan fingerprint density at radius 3 is 2.29 bits per heavy atom. The Labute approximate surface area is 251 Å². The molecule has 12 heteroatoms. The summed E-state index contributed by atoms with van der Waals surface area (Å²) in [4.78, 5) is 67.3. The minimum absolute atomic E-state index is 0.0928. The molecule has 5 atom stereocenters. The van der Waals surface area contributed by atoms with Crippen LogP contribution in [-0.2, 0) is 23.9 Å². The van der Waals surface area contributed by atoms with Crippen LogP contribution in [0.5, 0.6) is 0 Å². The number of carbonyl (C=O) groups excluding carboxylic acids is 5. The number of ether oxygens (including phenoxy) is 1. The SMILES string of the molecule is C=CCCC(NC(=O)[C@@H]1[C@@H]2C(CN1C(=O)[C@@H](NC(=O)OC(C)(C)C)C1CCCCC1)C2(Cl)Cl)C(=O)C(=O)NCC=C. The molecule has 1 aliphatic heterocycles. The number of fused-ring (bicyclic) bond motifs is 1. The molecule has 2 unspecified atom stereocenters. The van der Waals surface area contributed by atoms with Crippen molar-refractivity contribution in [3.05, 3.63) is 25.3 Å². The second-order valence-electron chi connectivity index (χ2n) is 12.1. The fourth-order valence-electron chi connectivity index (χ4n) is 5.82. The highest BCUT2D eigenvalue weighted by Gasteiger charge is 2.74. The summed E-state index contributed by atoms with van der Waals surface area (Å²) in [6, 6.07) is -3.13. The monoisotopic (exact) mass is 612 g/mol. The standard InChI is InChI=1S/C29H42Cl2N4O6/c1-6-8-14-19(23(36)25(38)32-15-7-2)33-24(37)22-20-18(29(20,30)31)16-35(22)26(39)21(17-12-10-9-11-13-17)34-27(40)41-28(3,4)5/h6-7,17-22H,1-2,8-16H2,3-5H3,(H,32,38)(H,33,37)(H,34,40)/t18?,19?,20-,21-,22-/m0/s1. The second kappa shape index (κ2) is 13.6. The number of nitrogens with one attached hydrogen (secondary N) is 3. The van der Waals surface area contributed by atoms with Crippen molar-refractivity contribution in [3.63, 3.8) is 0 Å². The second-order valence-corrected chi connectivity index (χ2v) is 13.5. The largest absolute Gasteiger partial charge is 0.444 e. The highest BCUT2D eigenvalue weighted by molar-refractivity contribution is 6.51.